The number of esters is 2. The topological polar surface area (TPSA) is 197 Å². The lowest BCUT2D eigenvalue weighted by molar-refractivity contribution is -0.138. The summed E-state index contributed by atoms with van der Waals surface area (Å²) >= 11 is 18.5. The van der Waals surface area contributed by atoms with E-state index in [1.807, 2.05) is 6.07 Å². The Bertz CT molecular complexity index is 3000. The summed E-state index contributed by atoms with van der Waals surface area (Å²) in [6, 6.07) is 4.87. The fourth-order valence-electron chi connectivity index (χ4n) is 15.9. The van der Waals surface area contributed by atoms with Crippen LogP contribution in [0, 0.1) is 10.8 Å². The number of nitrogens with zero attached hydrogens (tertiary/aromatic N) is 3. The SMILES string of the molecule is C=CCOc1cc2c(cc1[C@@H]1[C@H]3O[C@H]3[C@@]3(CC)CC(C(=O)OC)=C4N(C(=O)OCC(Cl)(Cl)Cl)c5c(cc(OS(C)(=O)=O)c(OC)c5OC)[C@@]45CCN1[C@@H]35)[C@@]13CCN4C[C@H]5O[C@H]5[C@@](CC)(CC(C(=O)OC)=C1N2)[C@H]43. The maximum Gasteiger partial charge on any atom is 0.419 e. The minimum atomic E-state index is -4.19. The van der Waals surface area contributed by atoms with E-state index in [0.717, 1.165) is 54.7 Å². The number of rotatable bonds is 13. The predicted molar refractivity (Wildman–Crippen MR) is 266 cm³/mol. The van der Waals surface area contributed by atoms with Crippen molar-refractivity contribution in [2.75, 3.05) is 77.8 Å². The van der Waals surface area contributed by atoms with Gasteiger partial charge in [0.1, 0.15) is 30.8 Å². The van der Waals surface area contributed by atoms with E-state index in [2.05, 4.69) is 41.6 Å². The van der Waals surface area contributed by atoms with Gasteiger partial charge >= 0.3 is 28.1 Å². The van der Waals surface area contributed by atoms with E-state index in [1.54, 1.807) is 12.1 Å². The quantitative estimate of drug-likeness (QED) is 0.0552. The van der Waals surface area contributed by atoms with E-state index >= 15 is 0 Å². The smallest absolute Gasteiger partial charge is 0.419 e. The molecule has 18 nitrogen and oxygen atoms in total. The van der Waals surface area contributed by atoms with Crippen LogP contribution in [-0.2, 0) is 54.2 Å². The Morgan fingerprint density at radius 2 is 1.56 bits per heavy atom. The van der Waals surface area contributed by atoms with Gasteiger partial charge in [0, 0.05) is 59.0 Å². The summed E-state index contributed by atoms with van der Waals surface area (Å²) in [7, 11) is 1.19. The third-order valence-electron chi connectivity index (χ3n) is 18.1. The highest BCUT2D eigenvalue weighted by molar-refractivity contribution is 7.86. The molecule has 8 heterocycles. The zero-order chi connectivity index (χ0) is 51.7. The molecule has 11 atom stereocenters. The Labute approximate surface area is 438 Å². The average molecular weight is 1090 g/mol. The van der Waals surface area contributed by atoms with Gasteiger partial charge in [-0.15, -0.1) is 0 Å². The van der Waals surface area contributed by atoms with Crippen LogP contribution < -0.4 is 28.6 Å². The van der Waals surface area contributed by atoms with Gasteiger partial charge in [-0.2, -0.15) is 8.42 Å². The van der Waals surface area contributed by atoms with Crippen LogP contribution in [0.3, 0.4) is 0 Å². The van der Waals surface area contributed by atoms with Crippen LogP contribution >= 0.6 is 34.8 Å². The summed E-state index contributed by atoms with van der Waals surface area (Å²) in [5.74, 6) is -0.846. The maximum absolute atomic E-state index is 15.0. The van der Waals surface area contributed by atoms with Gasteiger partial charge in [0.25, 0.3) is 0 Å². The number of hydrogen-bond donors (Lipinski definition) is 1. The first-order valence-corrected chi connectivity index (χ1v) is 27.6. The summed E-state index contributed by atoms with van der Waals surface area (Å²) in [5.41, 5.74) is 2.18. The van der Waals surface area contributed by atoms with Crippen molar-refractivity contribution < 1.29 is 64.9 Å². The largest absolute Gasteiger partial charge is 0.491 e. The first-order chi connectivity index (χ1) is 34.8. The minimum absolute atomic E-state index is 0.00874. The summed E-state index contributed by atoms with van der Waals surface area (Å²) in [4.78, 5) is 49.8. The number of hydrogen-bond acceptors (Lipinski definition) is 17. The summed E-state index contributed by atoms with van der Waals surface area (Å²) in [6.45, 7) is 9.80. The molecule has 392 valence electrons. The number of amides is 1. The van der Waals surface area contributed by atoms with E-state index in [-0.39, 0.29) is 83.0 Å². The molecule has 73 heavy (non-hydrogen) atoms. The number of benzene rings is 2. The van der Waals surface area contributed by atoms with E-state index in [4.69, 9.17) is 76.9 Å². The molecule has 0 saturated carbocycles. The molecule has 2 aromatic rings. The van der Waals surface area contributed by atoms with Gasteiger partial charge < -0.3 is 47.4 Å². The summed E-state index contributed by atoms with van der Waals surface area (Å²) in [5, 5.41) is 3.78. The van der Waals surface area contributed by atoms with Crippen LogP contribution in [-0.4, -0.2) is 144 Å². The second-order valence-electron chi connectivity index (χ2n) is 21.0. The first-order valence-electron chi connectivity index (χ1n) is 24.6. The Morgan fingerprint density at radius 3 is 2.22 bits per heavy atom. The van der Waals surface area contributed by atoms with Crippen LogP contribution in [0.5, 0.6) is 23.0 Å². The number of epoxide rings is 2. The average Bonchev–Trinajstić information content (AvgIpc) is 4.28. The van der Waals surface area contributed by atoms with Gasteiger partial charge in [0.15, 0.2) is 11.5 Å². The Morgan fingerprint density at radius 1 is 0.877 bits per heavy atom. The fraction of sp³-hybridized carbons (Fsp3) is 0.588. The number of halogens is 3. The number of alkyl halides is 3. The van der Waals surface area contributed by atoms with E-state index in [9.17, 15) is 22.8 Å². The number of anilines is 2. The highest BCUT2D eigenvalue weighted by atomic mass is 35.6. The first kappa shape index (κ1) is 49.4. The Kier molecular flexibility index (Phi) is 11.2. The van der Waals surface area contributed by atoms with Crippen LogP contribution in [0.4, 0.5) is 16.2 Å². The molecule has 22 heteroatoms. The molecule has 8 aliphatic heterocycles. The van der Waals surface area contributed by atoms with Crippen molar-refractivity contribution in [1.29, 1.82) is 0 Å². The molecule has 10 aliphatic rings. The number of nitrogens with one attached hydrogen (secondary N) is 1. The van der Waals surface area contributed by atoms with Gasteiger partial charge in [-0.3, -0.25) is 9.80 Å². The van der Waals surface area contributed by atoms with E-state index in [0.29, 0.717) is 42.7 Å². The lowest BCUT2D eigenvalue weighted by Crippen LogP contribution is -2.64. The van der Waals surface area contributed by atoms with Crippen molar-refractivity contribution in [2.24, 2.45) is 10.8 Å². The number of carbonyl (C=O) groups is 3. The molecule has 1 amide bonds. The standard InChI is InChI=1S/C51H57Cl3N4O14S/c1-9-16-68-30-19-29-27(49-12-14-56-22-32-40(70-32)47(10-2,44(49)56)20-25(38(49)55-29)42(59)66-6)17-24(30)33-37-41(71-37)48(11-3)21-26(43(60)67-7)39-50(13-15-57(33)45(48)50)28-18-31(72-73(8,62)63)35(64-4)36(65-5)34(28)58(39)46(61)69-23-51(52,53)54/h9,17-19,32-33,37,40-41,44-45,55H,1,10-16,20-23H2,2-8H3/t32-,33-,37-,40-,41-,44+,45+,47-,48-,49+,50+/m1/s1. The lowest BCUT2D eigenvalue weighted by atomic mass is 9.52. The Hall–Kier alpha value is -4.47. The number of carbonyl (C=O) groups excluding carboxylic acids is 3. The van der Waals surface area contributed by atoms with Crippen LogP contribution in [0.2, 0.25) is 0 Å². The fourth-order valence-corrected chi connectivity index (χ4v) is 16.5. The van der Waals surface area contributed by atoms with Crippen molar-refractivity contribution >= 4 is 74.3 Å². The van der Waals surface area contributed by atoms with Crippen molar-refractivity contribution in [1.82, 2.24) is 9.80 Å². The number of methoxy groups -OCH3 is 4. The molecule has 0 radical (unpaired) electrons. The number of piperidine rings is 2. The van der Waals surface area contributed by atoms with Crippen molar-refractivity contribution in [3.8, 4) is 23.0 Å². The molecule has 2 aromatic carbocycles. The monoisotopic (exact) mass is 1090 g/mol. The van der Waals surface area contributed by atoms with Crippen molar-refractivity contribution in [2.45, 2.75) is 110 Å². The van der Waals surface area contributed by atoms with E-state index < -0.39 is 67.0 Å². The van der Waals surface area contributed by atoms with Crippen LogP contribution in [0.25, 0.3) is 0 Å². The van der Waals surface area contributed by atoms with Gasteiger partial charge in [0.05, 0.1) is 86.7 Å². The molecule has 2 spiro atoms. The molecule has 1 N–H and O–H groups in total. The summed E-state index contributed by atoms with van der Waals surface area (Å²) in [6.07, 6.45) is 3.94. The molecule has 6 fully saturated rings. The molecule has 12 rings (SSSR count). The Balaban J connectivity index is 1.09. The van der Waals surface area contributed by atoms with Crippen molar-refractivity contribution in [3.05, 3.63) is 70.1 Å². The minimum Gasteiger partial charge on any atom is -0.491 e. The molecule has 0 aromatic heterocycles. The molecule has 0 unspecified atom stereocenters. The van der Waals surface area contributed by atoms with E-state index in [1.165, 1.54) is 33.3 Å². The maximum atomic E-state index is 15.0. The van der Waals surface area contributed by atoms with Crippen LogP contribution in [0.1, 0.15) is 75.1 Å². The van der Waals surface area contributed by atoms with Gasteiger partial charge in [-0.25, -0.2) is 19.3 Å². The third-order valence-corrected chi connectivity index (χ3v) is 18.9. The van der Waals surface area contributed by atoms with Gasteiger partial charge in [0.2, 0.25) is 9.54 Å². The number of ether oxygens (including phenoxy) is 8. The van der Waals surface area contributed by atoms with Crippen LogP contribution in [0.15, 0.2) is 53.4 Å². The zero-order valence-corrected chi connectivity index (χ0v) is 44.5. The number of fused-ring (bicyclic) bond motifs is 6. The normalized spacial score (nSPS) is 34.7. The molecular formula is C51H57Cl3N4O14S. The highest BCUT2D eigenvalue weighted by Crippen LogP contribution is 2.75. The van der Waals surface area contributed by atoms with Gasteiger partial charge in [-0.1, -0.05) is 61.3 Å². The summed E-state index contributed by atoms with van der Waals surface area (Å²) < 4.78 is 78.7. The highest BCUT2D eigenvalue weighted by Gasteiger charge is 2.79. The van der Waals surface area contributed by atoms with Crippen molar-refractivity contribution in [3.63, 3.8) is 0 Å². The third kappa shape index (κ3) is 6.54. The molecular weight excluding hydrogens is 1030 g/mol. The van der Waals surface area contributed by atoms with Gasteiger partial charge in [-0.05, 0) is 68.3 Å². The second-order valence-corrected chi connectivity index (χ2v) is 25.1. The predicted octanol–water partition coefficient (Wildman–Crippen LogP) is 6.74. The molecule has 6 saturated heterocycles. The molecule has 2 aliphatic carbocycles. The lowest BCUT2D eigenvalue weighted by Gasteiger charge is -2.56. The molecule has 0 bridgehead atoms. The second kappa shape index (κ2) is 16.5. The zero-order valence-electron chi connectivity index (χ0n) is 41.4.